The Bertz CT molecular complexity index is 363. The standard InChI is InChI=1S/C9H9N4/c10-7-8-1-3-9(4-2-8)13-6-5-11-12-13/h1-3,5-6H,7,10H2. The topological polar surface area (TPSA) is 56.7 Å². The summed E-state index contributed by atoms with van der Waals surface area (Å²) in [5.41, 5.74) is 7.39. The van der Waals surface area contributed by atoms with Crippen molar-refractivity contribution in [2.75, 3.05) is 0 Å². The van der Waals surface area contributed by atoms with E-state index in [0.29, 0.717) is 6.54 Å². The molecule has 0 aliphatic carbocycles. The van der Waals surface area contributed by atoms with Crippen molar-refractivity contribution >= 4 is 0 Å². The molecule has 1 heterocycles. The second-order valence-electron chi connectivity index (χ2n) is 2.63. The van der Waals surface area contributed by atoms with E-state index in [0.717, 1.165) is 11.3 Å². The summed E-state index contributed by atoms with van der Waals surface area (Å²) in [5, 5.41) is 7.56. The van der Waals surface area contributed by atoms with Crippen LogP contribution in [0.2, 0.25) is 0 Å². The van der Waals surface area contributed by atoms with Gasteiger partial charge in [0.15, 0.2) is 0 Å². The molecule has 13 heavy (non-hydrogen) atoms. The average Bonchev–Trinajstić information content (AvgIpc) is 2.71. The van der Waals surface area contributed by atoms with Gasteiger partial charge in [-0.25, -0.2) is 4.68 Å². The molecule has 0 bridgehead atoms. The minimum Gasteiger partial charge on any atom is -0.326 e. The molecule has 65 valence electrons. The summed E-state index contributed by atoms with van der Waals surface area (Å²) in [5.74, 6) is 0. The smallest absolute Gasteiger partial charge is 0.0742 e. The molecule has 0 saturated carbocycles. The molecule has 1 aromatic heterocycles. The molecule has 2 aromatic rings. The van der Waals surface area contributed by atoms with E-state index in [9.17, 15) is 0 Å². The zero-order valence-corrected chi connectivity index (χ0v) is 7.01. The number of benzene rings is 1. The SMILES string of the molecule is NCc1c[c]c(-n2ccnn2)cc1. The first kappa shape index (κ1) is 7.94. The van der Waals surface area contributed by atoms with Crippen LogP contribution >= 0.6 is 0 Å². The second kappa shape index (κ2) is 3.37. The van der Waals surface area contributed by atoms with Crippen LogP contribution in [-0.4, -0.2) is 15.0 Å². The molecule has 0 atom stereocenters. The highest BCUT2D eigenvalue weighted by molar-refractivity contribution is 5.31. The molecule has 1 radical (unpaired) electrons. The van der Waals surface area contributed by atoms with Crippen LogP contribution in [0.15, 0.2) is 30.6 Å². The van der Waals surface area contributed by atoms with Gasteiger partial charge in [-0.15, -0.1) is 5.10 Å². The van der Waals surface area contributed by atoms with Crippen molar-refractivity contribution in [3.63, 3.8) is 0 Å². The first-order valence-electron chi connectivity index (χ1n) is 3.97. The summed E-state index contributed by atoms with van der Waals surface area (Å²) >= 11 is 0. The number of hydrogen-bond donors (Lipinski definition) is 1. The lowest BCUT2D eigenvalue weighted by atomic mass is 10.2. The monoisotopic (exact) mass is 173 g/mol. The third-order valence-corrected chi connectivity index (χ3v) is 1.77. The highest BCUT2D eigenvalue weighted by Gasteiger charge is 1.96. The zero-order chi connectivity index (χ0) is 9.10. The number of aromatic nitrogens is 3. The van der Waals surface area contributed by atoms with Crippen LogP contribution in [0.4, 0.5) is 0 Å². The maximum absolute atomic E-state index is 5.46. The number of hydrogen-bond acceptors (Lipinski definition) is 3. The van der Waals surface area contributed by atoms with Gasteiger partial charge in [0.2, 0.25) is 0 Å². The van der Waals surface area contributed by atoms with Crippen molar-refractivity contribution < 1.29 is 0 Å². The predicted octanol–water partition coefficient (Wildman–Crippen LogP) is 0.526. The Labute approximate surface area is 76.0 Å². The molecule has 0 saturated heterocycles. The van der Waals surface area contributed by atoms with E-state index in [4.69, 9.17) is 5.73 Å². The van der Waals surface area contributed by atoms with E-state index >= 15 is 0 Å². The quantitative estimate of drug-likeness (QED) is 0.720. The van der Waals surface area contributed by atoms with E-state index in [1.165, 1.54) is 0 Å². The van der Waals surface area contributed by atoms with E-state index in [2.05, 4.69) is 16.4 Å². The summed E-state index contributed by atoms with van der Waals surface area (Å²) in [6, 6.07) is 8.79. The van der Waals surface area contributed by atoms with E-state index < -0.39 is 0 Å². The van der Waals surface area contributed by atoms with Gasteiger partial charge in [-0.1, -0.05) is 11.3 Å². The normalized spacial score (nSPS) is 10.2. The fraction of sp³-hybridized carbons (Fsp3) is 0.111. The van der Waals surface area contributed by atoms with Gasteiger partial charge in [0.1, 0.15) is 0 Å². The maximum atomic E-state index is 5.46. The summed E-state index contributed by atoms with van der Waals surface area (Å²) in [4.78, 5) is 0. The number of nitrogens with zero attached hydrogens (tertiary/aromatic N) is 3. The zero-order valence-electron chi connectivity index (χ0n) is 7.01. The number of rotatable bonds is 2. The number of nitrogens with two attached hydrogens (primary N) is 1. The lowest BCUT2D eigenvalue weighted by Crippen LogP contribution is -1.98. The van der Waals surface area contributed by atoms with Gasteiger partial charge in [0.05, 0.1) is 18.1 Å². The van der Waals surface area contributed by atoms with Crippen molar-refractivity contribution in [1.82, 2.24) is 15.0 Å². The summed E-state index contributed by atoms with van der Waals surface area (Å²) < 4.78 is 1.65. The van der Waals surface area contributed by atoms with Crippen LogP contribution < -0.4 is 5.73 Å². The first-order chi connectivity index (χ1) is 6.40. The van der Waals surface area contributed by atoms with Crippen molar-refractivity contribution in [3.05, 3.63) is 42.2 Å². The Kier molecular flexibility index (Phi) is 2.06. The molecule has 2 rings (SSSR count). The molecule has 0 spiro atoms. The molecule has 4 heteroatoms. The molecule has 2 N–H and O–H groups in total. The lowest BCUT2D eigenvalue weighted by molar-refractivity contribution is 0.801. The molecule has 0 fully saturated rings. The minimum absolute atomic E-state index is 0.536. The largest absolute Gasteiger partial charge is 0.326 e. The van der Waals surface area contributed by atoms with E-state index in [1.54, 1.807) is 17.1 Å². The van der Waals surface area contributed by atoms with Crippen molar-refractivity contribution in [2.45, 2.75) is 6.54 Å². The third-order valence-electron chi connectivity index (χ3n) is 1.77. The van der Waals surface area contributed by atoms with E-state index in [1.807, 2.05) is 18.2 Å². The van der Waals surface area contributed by atoms with Crippen molar-refractivity contribution in [1.29, 1.82) is 0 Å². The summed E-state index contributed by atoms with van der Waals surface area (Å²) in [6.45, 7) is 0.536. The Balaban J connectivity index is 2.33. The average molecular weight is 173 g/mol. The molecular weight excluding hydrogens is 164 g/mol. The van der Waals surface area contributed by atoms with Crippen molar-refractivity contribution in [2.24, 2.45) is 5.73 Å². The first-order valence-corrected chi connectivity index (χ1v) is 3.97. The van der Waals surface area contributed by atoms with Gasteiger partial charge < -0.3 is 5.73 Å². The van der Waals surface area contributed by atoms with E-state index in [-0.39, 0.29) is 0 Å². The van der Waals surface area contributed by atoms with Gasteiger partial charge in [-0.3, -0.25) is 0 Å². The third kappa shape index (κ3) is 1.57. The fourth-order valence-electron chi connectivity index (χ4n) is 1.06. The molecule has 0 aliphatic rings. The Morgan fingerprint density at radius 2 is 2.38 bits per heavy atom. The summed E-state index contributed by atoms with van der Waals surface area (Å²) in [7, 11) is 0. The predicted molar refractivity (Wildman–Crippen MR) is 48.1 cm³/mol. The maximum Gasteiger partial charge on any atom is 0.0742 e. The van der Waals surface area contributed by atoms with Crippen LogP contribution in [0.1, 0.15) is 5.56 Å². The van der Waals surface area contributed by atoms with Crippen LogP contribution in [0, 0.1) is 6.07 Å². The van der Waals surface area contributed by atoms with Crippen LogP contribution in [0.25, 0.3) is 5.69 Å². The fourth-order valence-corrected chi connectivity index (χ4v) is 1.06. The Morgan fingerprint density at radius 1 is 1.46 bits per heavy atom. The molecule has 0 amide bonds. The summed E-state index contributed by atoms with van der Waals surface area (Å²) in [6.07, 6.45) is 3.40. The highest BCUT2D eigenvalue weighted by atomic mass is 15.4. The molecule has 4 nitrogen and oxygen atoms in total. The minimum atomic E-state index is 0.536. The molecule has 0 aliphatic heterocycles. The van der Waals surface area contributed by atoms with Gasteiger partial charge in [0.25, 0.3) is 0 Å². The Hall–Kier alpha value is -1.68. The van der Waals surface area contributed by atoms with Crippen molar-refractivity contribution in [3.8, 4) is 5.69 Å². The molecule has 1 aromatic carbocycles. The lowest BCUT2D eigenvalue weighted by Gasteiger charge is -2.00. The Morgan fingerprint density at radius 3 is 2.92 bits per heavy atom. The van der Waals surface area contributed by atoms with Crippen LogP contribution in [-0.2, 0) is 6.54 Å². The second-order valence-corrected chi connectivity index (χ2v) is 2.63. The molecular formula is C9H9N4. The van der Waals surface area contributed by atoms with Gasteiger partial charge >= 0.3 is 0 Å². The van der Waals surface area contributed by atoms with Gasteiger partial charge in [0, 0.05) is 12.6 Å². The van der Waals surface area contributed by atoms with Gasteiger partial charge in [-0.2, -0.15) is 0 Å². The van der Waals surface area contributed by atoms with Crippen LogP contribution in [0.5, 0.6) is 0 Å². The van der Waals surface area contributed by atoms with Gasteiger partial charge in [-0.05, 0) is 17.7 Å². The molecule has 0 unspecified atom stereocenters. The highest BCUT2D eigenvalue weighted by Crippen LogP contribution is 2.06. The van der Waals surface area contributed by atoms with Crippen LogP contribution in [0.3, 0.4) is 0 Å².